The first kappa shape index (κ1) is 11.0. The Morgan fingerprint density at radius 1 is 1.31 bits per heavy atom. The number of hydrogen-bond donors (Lipinski definition) is 1. The third kappa shape index (κ3) is 2.18. The van der Waals surface area contributed by atoms with E-state index in [9.17, 15) is 4.79 Å². The number of halogens is 1. The van der Waals surface area contributed by atoms with Gasteiger partial charge in [-0.3, -0.25) is 0 Å². The van der Waals surface area contributed by atoms with Crippen molar-refractivity contribution < 1.29 is 9.53 Å². The number of anilines is 1. The zero-order chi connectivity index (χ0) is 11.5. The van der Waals surface area contributed by atoms with Gasteiger partial charge in [0.1, 0.15) is 10.8 Å². The molecule has 0 amide bonds. The van der Waals surface area contributed by atoms with Crippen LogP contribution in [0.4, 0.5) is 5.00 Å². The van der Waals surface area contributed by atoms with E-state index >= 15 is 0 Å². The monoisotopic (exact) mass is 253 g/mol. The van der Waals surface area contributed by atoms with E-state index in [0.717, 1.165) is 0 Å². The van der Waals surface area contributed by atoms with E-state index < -0.39 is 5.97 Å². The lowest BCUT2D eigenvalue weighted by Gasteiger charge is -2.04. The molecule has 0 aliphatic carbocycles. The Balaban J connectivity index is 2.21. The van der Waals surface area contributed by atoms with Gasteiger partial charge >= 0.3 is 5.97 Å². The van der Waals surface area contributed by atoms with E-state index in [1.165, 1.54) is 11.3 Å². The second kappa shape index (κ2) is 4.55. The van der Waals surface area contributed by atoms with Crippen LogP contribution in [-0.4, -0.2) is 5.97 Å². The molecule has 1 heterocycles. The summed E-state index contributed by atoms with van der Waals surface area (Å²) in [5.41, 5.74) is 5.98. The lowest BCUT2D eigenvalue weighted by atomic mass is 10.3. The molecule has 2 rings (SSSR count). The Bertz CT molecular complexity index is 524. The average molecular weight is 254 g/mol. The molecule has 0 spiro atoms. The lowest BCUT2D eigenvalue weighted by molar-refractivity contribution is 0.0736. The third-order valence-corrected chi connectivity index (χ3v) is 3.01. The van der Waals surface area contributed by atoms with Crippen molar-refractivity contribution in [1.82, 2.24) is 0 Å². The van der Waals surface area contributed by atoms with Crippen LogP contribution in [0.2, 0.25) is 5.02 Å². The van der Waals surface area contributed by atoms with Gasteiger partial charge < -0.3 is 10.5 Å². The van der Waals surface area contributed by atoms with Gasteiger partial charge in [-0.05, 0) is 23.6 Å². The molecule has 1 aromatic carbocycles. The molecule has 0 unspecified atom stereocenters. The number of hydrogen-bond acceptors (Lipinski definition) is 4. The summed E-state index contributed by atoms with van der Waals surface area (Å²) in [5.74, 6) is -0.161. The van der Waals surface area contributed by atoms with Crippen molar-refractivity contribution in [3.8, 4) is 5.75 Å². The number of benzene rings is 1. The summed E-state index contributed by atoms with van der Waals surface area (Å²) in [6.45, 7) is 0. The minimum atomic E-state index is -0.494. The van der Waals surface area contributed by atoms with Crippen LogP contribution in [0, 0.1) is 0 Å². The van der Waals surface area contributed by atoms with Crippen molar-refractivity contribution in [2.75, 3.05) is 5.73 Å². The summed E-state index contributed by atoms with van der Waals surface area (Å²) in [4.78, 5) is 11.7. The zero-order valence-corrected chi connectivity index (χ0v) is 9.72. The summed E-state index contributed by atoms with van der Waals surface area (Å²) in [5, 5.41) is 2.57. The molecule has 0 bridgehead atoms. The van der Waals surface area contributed by atoms with Gasteiger partial charge in [0.25, 0.3) is 0 Å². The maximum absolute atomic E-state index is 11.7. The topological polar surface area (TPSA) is 52.3 Å². The normalized spacial score (nSPS) is 10.1. The third-order valence-electron chi connectivity index (χ3n) is 1.95. The van der Waals surface area contributed by atoms with E-state index in [-0.39, 0.29) is 0 Å². The fraction of sp³-hybridized carbons (Fsp3) is 0. The molecule has 16 heavy (non-hydrogen) atoms. The van der Waals surface area contributed by atoms with Gasteiger partial charge in [-0.25, -0.2) is 4.79 Å². The first-order valence-corrected chi connectivity index (χ1v) is 5.74. The highest BCUT2D eigenvalue weighted by Gasteiger charge is 2.14. The molecule has 0 aliphatic rings. The number of para-hydroxylation sites is 1. The first-order chi connectivity index (χ1) is 7.68. The molecule has 1 aromatic heterocycles. The number of esters is 1. The number of ether oxygens (including phenoxy) is 1. The summed E-state index contributed by atoms with van der Waals surface area (Å²) < 4.78 is 5.13. The second-order valence-corrected chi connectivity index (χ2v) is 4.37. The summed E-state index contributed by atoms with van der Waals surface area (Å²) in [6.07, 6.45) is 0. The smallest absolute Gasteiger partial charge is 0.346 e. The Morgan fingerprint density at radius 3 is 2.69 bits per heavy atom. The van der Waals surface area contributed by atoms with Gasteiger partial charge in [-0.15, -0.1) is 11.3 Å². The lowest BCUT2D eigenvalue weighted by Crippen LogP contribution is -2.09. The molecule has 0 radical (unpaired) electrons. The van der Waals surface area contributed by atoms with Gasteiger partial charge in [0.05, 0.1) is 10.6 Å². The standard InChI is InChI=1S/C11H8ClNO2S/c12-8-3-1-2-4-9(8)15-11(14)7-5-6-16-10(7)13/h1-6H,13H2. The molecule has 0 atom stereocenters. The largest absolute Gasteiger partial charge is 0.421 e. The second-order valence-electron chi connectivity index (χ2n) is 3.02. The highest BCUT2D eigenvalue weighted by Crippen LogP contribution is 2.26. The highest BCUT2D eigenvalue weighted by molar-refractivity contribution is 7.14. The van der Waals surface area contributed by atoms with Gasteiger partial charge in [0, 0.05) is 0 Å². The van der Waals surface area contributed by atoms with Crippen LogP contribution in [0.1, 0.15) is 10.4 Å². The quantitative estimate of drug-likeness (QED) is 0.661. The van der Waals surface area contributed by atoms with Crippen molar-refractivity contribution in [2.24, 2.45) is 0 Å². The van der Waals surface area contributed by atoms with Crippen LogP contribution >= 0.6 is 22.9 Å². The number of rotatable bonds is 2. The van der Waals surface area contributed by atoms with Gasteiger partial charge in [0.2, 0.25) is 0 Å². The zero-order valence-electron chi connectivity index (χ0n) is 8.14. The molecular formula is C11H8ClNO2S. The Morgan fingerprint density at radius 2 is 2.06 bits per heavy atom. The van der Waals surface area contributed by atoms with E-state index in [1.54, 1.807) is 35.7 Å². The van der Waals surface area contributed by atoms with Gasteiger partial charge in [0.15, 0.2) is 0 Å². The molecule has 5 heteroatoms. The molecule has 0 fully saturated rings. The highest BCUT2D eigenvalue weighted by atomic mass is 35.5. The minimum Gasteiger partial charge on any atom is -0.421 e. The van der Waals surface area contributed by atoms with Crippen LogP contribution in [0.5, 0.6) is 5.75 Å². The first-order valence-electron chi connectivity index (χ1n) is 4.48. The Labute approximate surface area is 101 Å². The molecule has 3 nitrogen and oxygen atoms in total. The number of thiophene rings is 1. The number of nitrogens with two attached hydrogens (primary N) is 1. The van der Waals surface area contributed by atoms with Gasteiger partial charge in [-0.1, -0.05) is 23.7 Å². The molecule has 0 saturated carbocycles. The van der Waals surface area contributed by atoms with Crippen LogP contribution < -0.4 is 10.5 Å². The summed E-state index contributed by atoms with van der Waals surface area (Å²) in [6, 6.07) is 8.41. The van der Waals surface area contributed by atoms with Crippen LogP contribution in [0.25, 0.3) is 0 Å². The predicted molar refractivity (Wildman–Crippen MR) is 65.1 cm³/mol. The summed E-state index contributed by atoms with van der Waals surface area (Å²) in [7, 11) is 0. The number of nitrogen functional groups attached to an aromatic ring is 1. The molecule has 82 valence electrons. The van der Waals surface area contributed by atoms with Crippen molar-refractivity contribution in [2.45, 2.75) is 0 Å². The minimum absolute atomic E-state index is 0.333. The SMILES string of the molecule is Nc1sccc1C(=O)Oc1ccccc1Cl. The van der Waals surface area contributed by atoms with E-state index in [2.05, 4.69) is 0 Å². The Kier molecular flexibility index (Phi) is 3.12. The maximum Gasteiger partial charge on any atom is 0.346 e. The van der Waals surface area contributed by atoms with Crippen molar-refractivity contribution in [1.29, 1.82) is 0 Å². The molecule has 0 aliphatic heterocycles. The van der Waals surface area contributed by atoms with E-state index in [4.69, 9.17) is 22.1 Å². The molecule has 0 saturated heterocycles. The number of carbonyl (C=O) groups is 1. The van der Waals surface area contributed by atoms with E-state index in [0.29, 0.717) is 21.3 Å². The molecule has 2 N–H and O–H groups in total. The van der Waals surface area contributed by atoms with Crippen molar-refractivity contribution >= 4 is 33.9 Å². The molecular weight excluding hydrogens is 246 g/mol. The predicted octanol–water partition coefficient (Wildman–Crippen LogP) is 3.20. The molecule has 2 aromatic rings. The van der Waals surface area contributed by atoms with E-state index in [1.807, 2.05) is 0 Å². The number of carbonyl (C=O) groups excluding carboxylic acids is 1. The van der Waals surface area contributed by atoms with Crippen molar-refractivity contribution in [3.63, 3.8) is 0 Å². The fourth-order valence-corrected chi connectivity index (χ4v) is 1.98. The maximum atomic E-state index is 11.7. The van der Waals surface area contributed by atoms with Crippen LogP contribution in [-0.2, 0) is 0 Å². The van der Waals surface area contributed by atoms with Crippen LogP contribution in [0.3, 0.4) is 0 Å². The summed E-state index contributed by atoms with van der Waals surface area (Å²) >= 11 is 7.16. The average Bonchev–Trinajstić information content (AvgIpc) is 2.68. The van der Waals surface area contributed by atoms with Crippen LogP contribution in [0.15, 0.2) is 35.7 Å². The van der Waals surface area contributed by atoms with Gasteiger partial charge in [-0.2, -0.15) is 0 Å². The van der Waals surface area contributed by atoms with Crippen molar-refractivity contribution in [3.05, 3.63) is 46.3 Å². The fourth-order valence-electron chi connectivity index (χ4n) is 1.17. The Hall–Kier alpha value is -1.52.